The fraction of sp³-hybridized carbons (Fsp3) is 0.688. The maximum Gasteiger partial charge on any atom is 0.410 e. The van der Waals surface area contributed by atoms with Crippen LogP contribution in [0.2, 0.25) is 0 Å². The molecular formula is C77H123N11O23. The van der Waals surface area contributed by atoms with Crippen molar-refractivity contribution in [2.45, 2.75) is 252 Å². The average Bonchev–Trinajstić information content (AvgIpc) is 1.36. The molecule has 2 aliphatic rings. The van der Waals surface area contributed by atoms with Crippen molar-refractivity contribution in [1.29, 1.82) is 0 Å². The van der Waals surface area contributed by atoms with Gasteiger partial charge in [-0.15, -0.1) is 0 Å². The molecule has 34 heteroatoms. The summed E-state index contributed by atoms with van der Waals surface area (Å²) in [5.41, 5.74) is 5.91. The van der Waals surface area contributed by atoms with E-state index in [1.165, 1.54) is 37.3 Å². The number of likely N-dealkylation sites (tertiary alicyclic amines) is 1. The highest BCUT2D eigenvalue weighted by molar-refractivity contribution is 6.00. The van der Waals surface area contributed by atoms with Crippen LogP contribution >= 0.6 is 0 Å². The van der Waals surface area contributed by atoms with E-state index in [4.69, 9.17) is 29.4 Å². The van der Waals surface area contributed by atoms with Crippen molar-refractivity contribution >= 4 is 76.8 Å². The molecule has 2 heterocycles. The van der Waals surface area contributed by atoms with Gasteiger partial charge in [0.25, 0.3) is 0 Å². The lowest BCUT2D eigenvalue weighted by molar-refractivity contribution is -0.277. The van der Waals surface area contributed by atoms with Gasteiger partial charge in [0.1, 0.15) is 72.8 Å². The van der Waals surface area contributed by atoms with Gasteiger partial charge in [0.15, 0.2) is 0 Å². The van der Waals surface area contributed by atoms with Gasteiger partial charge in [-0.3, -0.25) is 52.8 Å². The predicted molar refractivity (Wildman–Crippen MR) is 406 cm³/mol. The van der Waals surface area contributed by atoms with E-state index in [0.717, 1.165) is 11.3 Å². The monoisotopic (exact) mass is 1570 g/mol. The zero-order chi connectivity index (χ0) is 83.3. The molecule has 111 heavy (non-hydrogen) atoms. The molecule has 0 bridgehead atoms. The minimum atomic E-state index is -1.99. The van der Waals surface area contributed by atoms with Crippen molar-refractivity contribution in [3.63, 3.8) is 0 Å². The van der Waals surface area contributed by atoms with Crippen LogP contribution in [0.3, 0.4) is 0 Å². The lowest BCUT2D eigenvalue weighted by atomic mass is 9.89. The zero-order valence-corrected chi connectivity index (χ0v) is 66.8. The Labute approximate surface area is 650 Å². The second-order valence-corrected chi connectivity index (χ2v) is 30.2. The third kappa shape index (κ3) is 29.1. The first kappa shape index (κ1) is 94.7. The molecule has 4 rings (SSSR count). The van der Waals surface area contributed by atoms with Gasteiger partial charge in [0.2, 0.25) is 53.5 Å². The number of carboxylic acids is 1. The molecule has 17 atom stereocenters. The molecule has 0 radical (unpaired) electrons. The van der Waals surface area contributed by atoms with Crippen molar-refractivity contribution in [3.05, 3.63) is 59.7 Å². The van der Waals surface area contributed by atoms with Crippen LogP contribution in [-0.2, 0) is 73.5 Å². The fourth-order valence-electron chi connectivity index (χ4n) is 13.3. The largest absolute Gasteiger partial charge is 0.481 e. The average molecular weight is 1570 g/mol. The molecule has 0 unspecified atom stereocenters. The maximum absolute atomic E-state index is 14.9. The molecule has 2 aromatic rings. The number of rotatable bonds is 46. The molecule has 34 nitrogen and oxygen atoms in total. The summed E-state index contributed by atoms with van der Waals surface area (Å²) in [6.07, 6.45) is -10.9. The highest BCUT2D eigenvalue weighted by Crippen LogP contribution is 2.33. The molecule has 0 aromatic heterocycles. The Morgan fingerprint density at radius 2 is 1.35 bits per heavy atom. The summed E-state index contributed by atoms with van der Waals surface area (Å²) in [5, 5.41) is 81.5. The first-order chi connectivity index (χ1) is 52.3. The third-order valence-corrected chi connectivity index (χ3v) is 20.2. The number of primary amides is 1. The first-order valence-corrected chi connectivity index (χ1v) is 38.3. The Balaban J connectivity index is 1.56. The molecule has 2 saturated heterocycles. The number of nitrogens with two attached hydrogens (primary N) is 1. The number of likely N-dealkylation sites (N-methyl/N-ethyl adjacent to an activating group) is 2. The molecule has 624 valence electrons. The highest BCUT2D eigenvalue weighted by atomic mass is 16.7. The Morgan fingerprint density at radius 3 is 1.95 bits per heavy atom. The number of Topliss-reactive ketones (excluding diaryl/α,β-unsaturated/α-hetero) is 1. The van der Waals surface area contributed by atoms with E-state index < -0.39 is 188 Å². The number of hydrogen-bond acceptors (Lipinski definition) is 22. The van der Waals surface area contributed by atoms with Gasteiger partial charge >= 0.3 is 18.1 Å². The second kappa shape index (κ2) is 46.4. The van der Waals surface area contributed by atoms with Gasteiger partial charge in [-0.05, 0) is 92.4 Å². The normalized spacial score (nSPS) is 20.0. The van der Waals surface area contributed by atoms with Crippen molar-refractivity contribution in [1.82, 2.24) is 46.6 Å². The van der Waals surface area contributed by atoms with Crippen molar-refractivity contribution in [3.8, 4) is 5.75 Å². The summed E-state index contributed by atoms with van der Waals surface area (Å²) in [6, 6.07) is 3.72. The lowest BCUT2D eigenvalue weighted by Gasteiger charge is -2.40. The summed E-state index contributed by atoms with van der Waals surface area (Å²) in [5.74, 6) is -9.58. The Bertz CT molecular complexity index is 3380. The zero-order valence-electron chi connectivity index (χ0n) is 66.8. The number of carboxylic acid groups (broad SMARTS) is 1. The van der Waals surface area contributed by atoms with E-state index in [1.54, 1.807) is 93.3 Å². The van der Waals surface area contributed by atoms with Crippen LogP contribution in [0.4, 0.5) is 15.3 Å². The molecule has 0 spiro atoms. The van der Waals surface area contributed by atoms with Crippen LogP contribution in [0.5, 0.6) is 5.75 Å². The minimum absolute atomic E-state index is 0.0112. The SMILES string of the molecule is CC[C@H](C)[C@@H]([C@@H](CC(=O)N1CCC[C@H]1C[C@@H](C)C(=O)N[C@H](C)[C@@H](O)c1ccccc1)OC)N(C)C(=O)[C@@H](NC(=O)[C@H](C(C)C)N(C)C(=O)OCc1ccc(NC(=O)[C@H](CCCNC(N)=O)NC(=O)[C@@H](NC(=O)[C@H](CCC(=O)O)NC(=O)CCOCCC(=O)C(C)C)C(C)C)c(O[C@@H]2O[C@H](CO)[C@@H](O)[C@H](O)[C@H]2O)c1)C(C)C. The van der Waals surface area contributed by atoms with Crippen LogP contribution in [0.1, 0.15) is 171 Å². The van der Waals surface area contributed by atoms with E-state index >= 15 is 0 Å². The summed E-state index contributed by atoms with van der Waals surface area (Å²) >= 11 is 0. The number of nitrogens with zero attached hydrogens (tertiary/aromatic N) is 3. The molecule has 2 aliphatic heterocycles. The molecule has 2 fully saturated rings. The molecular weight excluding hydrogens is 1450 g/mol. The quantitative estimate of drug-likeness (QED) is 0.0423. The van der Waals surface area contributed by atoms with Crippen LogP contribution in [0, 0.1) is 35.5 Å². The van der Waals surface area contributed by atoms with E-state index in [0.29, 0.717) is 31.4 Å². The highest BCUT2D eigenvalue weighted by Gasteiger charge is 2.46. The summed E-state index contributed by atoms with van der Waals surface area (Å²) in [7, 11) is 4.39. The number of aliphatic hydroxyl groups is 5. The standard InChI is InChI=1S/C77H123N11O23/c1-16-45(10)64(56(107-15)38-59(92)88-33-21-24-50(88)36-46(11)69(99)80-47(12)65(95)49-22-18-17-19-23-49)86(13)74(104)62(43(6)7)85-73(103)63(44(8)9)87(14)77(106)109-40-48-26-27-51(55(37-48)110-75-68(98)67(97)66(96)57(39-89)111-75)82-70(100)52(25-20-32-79-76(78)105)83-72(102)61(42(4)5)84-71(101)53(28-29-60(93)94)81-58(91)31-35-108-34-30-54(90)41(2)3/h17-19,22-23,26-27,37,41-47,50,52-53,56-57,61-68,75,89,95-98H,16,20-21,24-25,28-36,38-40H2,1-15H3,(H,80,99)(H,81,91)(H,82,100)(H,83,102)(H,84,101)(H,85,103)(H,93,94)(H3,78,79,105)/t45-,46+,47+,50-,52-,53-,56+,57+,61-,62-,63-,64-,65+,66+,67-,68+,75+/m0/s1. The number of aliphatic carboxylic acids is 1. The van der Waals surface area contributed by atoms with Gasteiger partial charge in [-0.1, -0.05) is 119 Å². The van der Waals surface area contributed by atoms with Gasteiger partial charge in [-0.25, -0.2) is 9.59 Å². The van der Waals surface area contributed by atoms with Gasteiger partial charge in [-0.2, -0.15) is 0 Å². The lowest BCUT2D eigenvalue weighted by Crippen LogP contribution is -2.60. The topological polar surface area (TPSA) is 492 Å². The van der Waals surface area contributed by atoms with Crippen molar-refractivity contribution in [2.75, 3.05) is 59.4 Å². The second-order valence-electron chi connectivity index (χ2n) is 30.2. The number of ketones is 1. The van der Waals surface area contributed by atoms with Gasteiger partial charge in [0, 0.05) is 71.4 Å². The van der Waals surface area contributed by atoms with Gasteiger partial charge in [0.05, 0.1) is 56.2 Å². The predicted octanol–water partition coefficient (Wildman–Crippen LogP) is 2.52. The number of aliphatic hydroxyl groups excluding tert-OH is 5. The van der Waals surface area contributed by atoms with Crippen LogP contribution in [0.15, 0.2) is 48.5 Å². The number of benzene rings is 2. The van der Waals surface area contributed by atoms with Crippen molar-refractivity contribution < 1.29 is 112 Å². The fourth-order valence-corrected chi connectivity index (χ4v) is 13.3. The Morgan fingerprint density at radius 1 is 0.712 bits per heavy atom. The van der Waals surface area contributed by atoms with Crippen molar-refractivity contribution in [2.24, 2.45) is 41.2 Å². The number of hydrogen-bond donors (Lipinski definition) is 14. The number of nitrogens with one attached hydrogen (secondary N) is 7. The Hall–Kier alpha value is -8.64. The number of anilines is 1. The van der Waals surface area contributed by atoms with E-state index in [9.17, 15) is 88.2 Å². The number of carbonyl (C=O) groups is 12. The first-order valence-electron chi connectivity index (χ1n) is 38.3. The summed E-state index contributed by atoms with van der Waals surface area (Å²) in [4.78, 5) is 167. The van der Waals surface area contributed by atoms with E-state index in [2.05, 4.69) is 37.2 Å². The number of amides is 11. The molecule has 2 aromatic carbocycles. The number of carbonyl (C=O) groups excluding carboxylic acids is 11. The van der Waals surface area contributed by atoms with Gasteiger partial charge < -0.3 is 107 Å². The smallest absolute Gasteiger partial charge is 0.410 e. The maximum atomic E-state index is 14.9. The number of ether oxygens (including phenoxy) is 5. The minimum Gasteiger partial charge on any atom is -0.481 e. The molecule has 15 N–H and O–H groups in total. The molecule has 11 amide bonds. The summed E-state index contributed by atoms with van der Waals surface area (Å²) in [6.45, 7) is 19.8. The summed E-state index contributed by atoms with van der Waals surface area (Å²) < 4.78 is 29.0. The van der Waals surface area contributed by atoms with E-state index in [1.807, 2.05) is 32.0 Å². The third-order valence-electron chi connectivity index (χ3n) is 20.2. The van der Waals surface area contributed by atoms with Crippen LogP contribution in [0.25, 0.3) is 0 Å². The van der Waals surface area contributed by atoms with E-state index in [-0.39, 0.29) is 104 Å². The molecule has 0 saturated carbocycles. The van der Waals surface area contributed by atoms with Crippen LogP contribution in [-0.4, -0.2) is 256 Å². The Kier molecular flexibility index (Phi) is 39.6. The van der Waals surface area contributed by atoms with Crippen LogP contribution < -0.4 is 47.7 Å². The number of methoxy groups -OCH3 is 1. The number of urea groups is 1. The molecule has 0 aliphatic carbocycles.